The average Bonchev–Trinajstić information content (AvgIpc) is 2.63. The maximum absolute atomic E-state index is 11.5. The standard InChI is InChI=1S/C9H11N3O2S/c1-5-8(6(2)14-11-5)4-12-9(13)15-7(3)10-12/h4H2,1-3H3. The molecule has 2 heterocycles. The van der Waals surface area contributed by atoms with Crippen molar-refractivity contribution in [1.82, 2.24) is 14.9 Å². The largest absolute Gasteiger partial charge is 0.361 e. The second-order valence-corrected chi connectivity index (χ2v) is 4.49. The first-order valence-electron chi connectivity index (χ1n) is 4.54. The molecule has 0 aliphatic carbocycles. The lowest BCUT2D eigenvalue weighted by Crippen LogP contribution is -2.16. The van der Waals surface area contributed by atoms with E-state index < -0.39 is 0 Å². The molecule has 0 atom stereocenters. The van der Waals surface area contributed by atoms with Crippen molar-refractivity contribution in [3.8, 4) is 0 Å². The zero-order valence-electron chi connectivity index (χ0n) is 8.77. The summed E-state index contributed by atoms with van der Waals surface area (Å²) in [6.07, 6.45) is 0. The molecule has 2 rings (SSSR count). The molecule has 0 aliphatic heterocycles. The summed E-state index contributed by atoms with van der Waals surface area (Å²) in [4.78, 5) is 11.4. The van der Waals surface area contributed by atoms with Crippen LogP contribution in [0.5, 0.6) is 0 Å². The van der Waals surface area contributed by atoms with Crippen molar-refractivity contribution in [2.45, 2.75) is 27.3 Å². The van der Waals surface area contributed by atoms with Crippen LogP contribution in [0.3, 0.4) is 0 Å². The lowest BCUT2D eigenvalue weighted by molar-refractivity contribution is 0.391. The Morgan fingerprint density at radius 3 is 2.60 bits per heavy atom. The van der Waals surface area contributed by atoms with Crippen LogP contribution in [0.2, 0.25) is 0 Å². The summed E-state index contributed by atoms with van der Waals surface area (Å²) < 4.78 is 6.46. The minimum atomic E-state index is -0.0486. The van der Waals surface area contributed by atoms with Gasteiger partial charge < -0.3 is 4.52 Å². The van der Waals surface area contributed by atoms with Crippen LogP contribution in [0.25, 0.3) is 0 Å². The van der Waals surface area contributed by atoms with E-state index in [2.05, 4.69) is 10.3 Å². The van der Waals surface area contributed by atoms with Crippen LogP contribution >= 0.6 is 11.3 Å². The Balaban J connectivity index is 2.37. The van der Waals surface area contributed by atoms with Gasteiger partial charge in [-0.15, -0.1) is 0 Å². The summed E-state index contributed by atoms with van der Waals surface area (Å²) in [6, 6.07) is 0. The topological polar surface area (TPSA) is 60.9 Å². The van der Waals surface area contributed by atoms with Crippen LogP contribution in [-0.2, 0) is 6.54 Å². The second kappa shape index (κ2) is 3.62. The number of aryl methyl sites for hydroxylation is 3. The molecule has 15 heavy (non-hydrogen) atoms. The molecule has 2 aromatic rings. The molecule has 80 valence electrons. The summed E-state index contributed by atoms with van der Waals surface area (Å²) in [7, 11) is 0. The van der Waals surface area contributed by atoms with Gasteiger partial charge in [0.05, 0.1) is 12.2 Å². The van der Waals surface area contributed by atoms with Crippen LogP contribution in [0, 0.1) is 20.8 Å². The minimum Gasteiger partial charge on any atom is -0.361 e. The highest BCUT2D eigenvalue weighted by Gasteiger charge is 2.12. The van der Waals surface area contributed by atoms with Gasteiger partial charge in [0.1, 0.15) is 10.8 Å². The number of hydrogen-bond acceptors (Lipinski definition) is 5. The van der Waals surface area contributed by atoms with Gasteiger partial charge in [-0.05, 0) is 20.8 Å². The van der Waals surface area contributed by atoms with E-state index in [0.29, 0.717) is 6.54 Å². The van der Waals surface area contributed by atoms with Crippen LogP contribution in [0.1, 0.15) is 22.0 Å². The quantitative estimate of drug-likeness (QED) is 0.772. The smallest absolute Gasteiger partial charge is 0.325 e. The molecule has 0 aromatic carbocycles. The summed E-state index contributed by atoms with van der Waals surface area (Å²) in [5.74, 6) is 0.741. The predicted octanol–water partition coefficient (Wildman–Crippen LogP) is 1.27. The molecule has 0 amide bonds. The molecule has 0 N–H and O–H groups in total. The molecule has 0 aliphatic rings. The van der Waals surface area contributed by atoms with Gasteiger partial charge in [-0.3, -0.25) is 4.79 Å². The van der Waals surface area contributed by atoms with Crippen molar-refractivity contribution in [3.63, 3.8) is 0 Å². The lowest BCUT2D eigenvalue weighted by atomic mass is 10.2. The van der Waals surface area contributed by atoms with Gasteiger partial charge >= 0.3 is 4.87 Å². The fourth-order valence-corrected chi connectivity index (χ4v) is 1.99. The Kier molecular flexibility index (Phi) is 2.44. The lowest BCUT2D eigenvalue weighted by Gasteiger charge is -1.98. The van der Waals surface area contributed by atoms with Gasteiger partial charge in [-0.25, -0.2) is 4.68 Å². The summed E-state index contributed by atoms with van der Waals surface area (Å²) >= 11 is 1.15. The van der Waals surface area contributed by atoms with Gasteiger partial charge in [0, 0.05) is 5.56 Å². The third kappa shape index (κ3) is 1.85. The van der Waals surface area contributed by atoms with Crippen LogP contribution < -0.4 is 4.87 Å². The highest BCUT2D eigenvalue weighted by atomic mass is 32.1. The van der Waals surface area contributed by atoms with Crippen molar-refractivity contribution in [1.29, 1.82) is 0 Å². The van der Waals surface area contributed by atoms with E-state index in [4.69, 9.17) is 4.52 Å². The highest BCUT2D eigenvalue weighted by molar-refractivity contribution is 7.08. The minimum absolute atomic E-state index is 0.0486. The van der Waals surface area contributed by atoms with E-state index in [9.17, 15) is 4.79 Å². The summed E-state index contributed by atoms with van der Waals surface area (Å²) in [5.41, 5.74) is 1.74. The van der Waals surface area contributed by atoms with Gasteiger partial charge in [0.25, 0.3) is 0 Å². The van der Waals surface area contributed by atoms with E-state index in [-0.39, 0.29) is 4.87 Å². The van der Waals surface area contributed by atoms with Gasteiger partial charge in [0.2, 0.25) is 0 Å². The van der Waals surface area contributed by atoms with E-state index >= 15 is 0 Å². The van der Waals surface area contributed by atoms with Crippen molar-refractivity contribution < 1.29 is 4.52 Å². The molecular formula is C9H11N3O2S. The Morgan fingerprint density at radius 2 is 2.13 bits per heavy atom. The van der Waals surface area contributed by atoms with Gasteiger partial charge in [-0.2, -0.15) is 5.10 Å². The summed E-state index contributed by atoms with van der Waals surface area (Å²) in [6.45, 7) is 5.94. The molecule has 5 nitrogen and oxygen atoms in total. The van der Waals surface area contributed by atoms with E-state index in [1.54, 1.807) is 0 Å². The van der Waals surface area contributed by atoms with Crippen LogP contribution in [0.4, 0.5) is 0 Å². The highest BCUT2D eigenvalue weighted by Crippen LogP contribution is 2.13. The van der Waals surface area contributed by atoms with Crippen molar-refractivity contribution in [2.75, 3.05) is 0 Å². The summed E-state index contributed by atoms with van der Waals surface area (Å²) in [5, 5.41) is 8.72. The monoisotopic (exact) mass is 225 g/mol. The van der Waals surface area contributed by atoms with Crippen molar-refractivity contribution >= 4 is 11.3 Å². The third-order valence-corrected chi connectivity index (χ3v) is 2.96. The van der Waals surface area contributed by atoms with E-state index in [0.717, 1.165) is 33.4 Å². The zero-order valence-corrected chi connectivity index (χ0v) is 9.59. The van der Waals surface area contributed by atoms with Gasteiger partial charge in [0.15, 0.2) is 0 Å². The molecule has 6 heteroatoms. The molecule has 2 aromatic heterocycles. The molecule has 0 unspecified atom stereocenters. The van der Waals surface area contributed by atoms with E-state index in [1.165, 1.54) is 4.68 Å². The normalized spacial score (nSPS) is 10.9. The fourth-order valence-electron chi connectivity index (χ4n) is 1.39. The Bertz CT molecular complexity index is 518. The fraction of sp³-hybridized carbons (Fsp3) is 0.444. The van der Waals surface area contributed by atoms with Crippen molar-refractivity contribution in [2.24, 2.45) is 0 Å². The molecule has 0 fully saturated rings. The van der Waals surface area contributed by atoms with Gasteiger partial charge in [-0.1, -0.05) is 16.5 Å². The zero-order chi connectivity index (χ0) is 11.0. The molecule has 0 saturated carbocycles. The second-order valence-electron chi connectivity index (χ2n) is 3.35. The third-order valence-electron chi connectivity index (χ3n) is 2.20. The Hall–Kier alpha value is -1.43. The van der Waals surface area contributed by atoms with Crippen molar-refractivity contribution in [3.05, 3.63) is 31.7 Å². The SMILES string of the molecule is Cc1nn(Cc2c(C)noc2C)c(=O)s1. The molecule has 0 bridgehead atoms. The Morgan fingerprint density at radius 1 is 1.40 bits per heavy atom. The number of hydrogen-bond donors (Lipinski definition) is 0. The molecule has 0 spiro atoms. The maximum atomic E-state index is 11.5. The van der Waals surface area contributed by atoms with Crippen LogP contribution in [-0.4, -0.2) is 14.9 Å². The predicted molar refractivity (Wildman–Crippen MR) is 56.2 cm³/mol. The van der Waals surface area contributed by atoms with E-state index in [1.807, 2.05) is 20.8 Å². The average molecular weight is 225 g/mol. The maximum Gasteiger partial charge on any atom is 0.325 e. The first kappa shape index (κ1) is 10.1. The first-order valence-corrected chi connectivity index (χ1v) is 5.36. The first-order chi connectivity index (χ1) is 7.08. The molecule has 0 saturated heterocycles. The molecule has 0 radical (unpaired) electrons. The number of aromatic nitrogens is 3. The number of nitrogens with zero attached hydrogens (tertiary/aromatic N) is 3. The Labute approximate surface area is 90.3 Å². The molecular weight excluding hydrogens is 214 g/mol. The number of rotatable bonds is 2. The van der Waals surface area contributed by atoms with Crippen LogP contribution in [0.15, 0.2) is 9.32 Å².